The Bertz CT molecular complexity index is 751. The Labute approximate surface area is 141 Å². The summed E-state index contributed by atoms with van der Waals surface area (Å²) in [7, 11) is 0. The lowest BCUT2D eigenvalue weighted by atomic mass is 9.80. The number of hydrogen-bond acceptors (Lipinski definition) is 3. The number of guanidine groups is 1. The van der Waals surface area contributed by atoms with Crippen LogP contribution in [0.1, 0.15) is 40.4 Å². The second kappa shape index (κ2) is 6.87. The van der Waals surface area contributed by atoms with Crippen molar-refractivity contribution in [3.8, 4) is 0 Å². The number of nitrogens with zero attached hydrogens (tertiary/aromatic N) is 1. The Hall–Kier alpha value is -2.27. The van der Waals surface area contributed by atoms with Crippen molar-refractivity contribution in [2.24, 2.45) is 10.8 Å². The predicted molar refractivity (Wildman–Crippen MR) is 94.5 cm³/mol. The highest BCUT2D eigenvalue weighted by Crippen LogP contribution is 2.36. The van der Waals surface area contributed by atoms with Crippen LogP contribution in [0.15, 0.2) is 40.0 Å². The van der Waals surface area contributed by atoms with E-state index in [0.717, 1.165) is 35.4 Å². The Morgan fingerprint density at radius 3 is 2.70 bits per heavy atom. The van der Waals surface area contributed by atoms with Gasteiger partial charge in [0.05, 0.1) is 12.0 Å². The first-order valence-electron chi connectivity index (χ1n) is 7.35. The molecule has 1 aliphatic rings. The van der Waals surface area contributed by atoms with E-state index in [1.807, 2.05) is 6.92 Å². The van der Waals surface area contributed by atoms with Crippen LogP contribution in [0.2, 0.25) is 0 Å². The second-order valence-corrected chi connectivity index (χ2v) is 5.76. The van der Waals surface area contributed by atoms with Crippen molar-refractivity contribution in [3.63, 3.8) is 0 Å². The lowest BCUT2D eigenvalue weighted by Gasteiger charge is -2.25. The minimum Gasteiger partial charge on any atom is -0.468 e. The number of nitrogens with two attached hydrogens (primary N) is 1. The molecule has 3 rings (SSSR count). The number of hydrogen-bond donors (Lipinski definition) is 3. The van der Waals surface area contributed by atoms with E-state index in [-0.39, 0.29) is 18.4 Å². The first-order valence-corrected chi connectivity index (χ1v) is 7.35. The molecule has 0 amide bonds. The quantitative estimate of drug-likeness (QED) is 0.448. The molecule has 0 fully saturated rings. The zero-order valence-electron chi connectivity index (χ0n) is 13.2. The van der Waals surface area contributed by atoms with E-state index in [4.69, 9.17) is 15.6 Å². The maximum atomic E-state index is 7.30. The summed E-state index contributed by atoms with van der Waals surface area (Å²) in [5, 5.41) is 11.6. The number of rotatable bonds is 2. The molecule has 6 heteroatoms. The third kappa shape index (κ3) is 3.40. The summed E-state index contributed by atoms with van der Waals surface area (Å²) in [6.07, 6.45) is 3.44. The zero-order chi connectivity index (χ0) is 15.7. The van der Waals surface area contributed by atoms with Crippen LogP contribution >= 0.6 is 12.4 Å². The number of aryl methyl sites for hydroxylation is 2. The molecule has 1 unspecified atom stereocenters. The molecule has 0 bridgehead atoms. The smallest absolute Gasteiger partial charge is 0.206 e. The Balaban J connectivity index is 0.00000192. The van der Waals surface area contributed by atoms with E-state index in [2.05, 4.69) is 41.7 Å². The first-order chi connectivity index (χ1) is 10.6. The van der Waals surface area contributed by atoms with Gasteiger partial charge in [-0.15, -0.1) is 12.4 Å². The first kappa shape index (κ1) is 17.1. The van der Waals surface area contributed by atoms with Crippen LogP contribution in [0, 0.1) is 19.3 Å². The van der Waals surface area contributed by atoms with E-state index >= 15 is 0 Å². The van der Waals surface area contributed by atoms with Crippen molar-refractivity contribution < 1.29 is 4.42 Å². The Kier molecular flexibility index (Phi) is 5.11. The van der Waals surface area contributed by atoms with Gasteiger partial charge in [0.15, 0.2) is 0 Å². The third-order valence-corrected chi connectivity index (χ3v) is 4.15. The van der Waals surface area contributed by atoms with E-state index in [1.54, 1.807) is 6.26 Å². The number of furan rings is 1. The molecule has 5 nitrogen and oxygen atoms in total. The molecule has 0 aliphatic heterocycles. The molecular formula is C17H21ClN4O. The third-order valence-electron chi connectivity index (χ3n) is 4.15. The number of fused-ring (bicyclic) bond motifs is 1. The summed E-state index contributed by atoms with van der Waals surface area (Å²) in [4.78, 5) is 0. The maximum Gasteiger partial charge on any atom is 0.206 e. The van der Waals surface area contributed by atoms with Crippen molar-refractivity contribution in [2.75, 3.05) is 0 Å². The molecule has 1 aromatic heterocycles. The van der Waals surface area contributed by atoms with E-state index in [9.17, 15) is 0 Å². The van der Waals surface area contributed by atoms with Crippen LogP contribution in [0.5, 0.6) is 0 Å². The molecule has 0 spiro atoms. The molecule has 1 aliphatic carbocycles. The van der Waals surface area contributed by atoms with Gasteiger partial charge in [0.25, 0.3) is 0 Å². The molecule has 0 radical (unpaired) electrons. The molecule has 1 aromatic carbocycles. The maximum absolute atomic E-state index is 7.30. The molecule has 122 valence electrons. The Morgan fingerprint density at radius 1 is 1.26 bits per heavy atom. The van der Waals surface area contributed by atoms with Gasteiger partial charge in [0, 0.05) is 12.0 Å². The normalized spacial score (nSPS) is 18.2. The summed E-state index contributed by atoms with van der Waals surface area (Å²) in [6.45, 7) is 4.14. The molecule has 23 heavy (non-hydrogen) atoms. The summed E-state index contributed by atoms with van der Waals surface area (Å²) in [5.74, 6) is 1.13. The van der Waals surface area contributed by atoms with Crippen LogP contribution in [0.3, 0.4) is 0 Å². The Morgan fingerprint density at radius 2 is 2.00 bits per heavy atom. The van der Waals surface area contributed by atoms with Gasteiger partial charge in [-0.1, -0.05) is 24.3 Å². The van der Waals surface area contributed by atoms with E-state index in [1.165, 1.54) is 11.1 Å². The summed E-state index contributed by atoms with van der Waals surface area (Å²) in [5.41, 5.74) is 13.5. The van der Waals surface area contributed by atoms with E-state index in [0.29, 0.717) is 5.92 Å². The van der Waals surface area contributed by atoms with Gasteiger partial charge in [0.1, 0.15) is 5.76 Å². The molecular weight excluding hydrogens is 312 g/mol. The number of hydrazone groups is 1. The van der Waals surface area contributed by atoms with Crippen LogP contribution in [-0.2, 0) is 6.42 Å². The number of halogens is 1. The summed E-state index contributed by atoms with van der Waals surface area (Å²) >= 11 is 0. The lowest BCUT2D eigenvalue weighted by Crippen LogP contribution is -2.29. The number of benzene rings is 1. The standard InChI is InChI=1S/C17H20N4O.ClH/c1-10-5-3-4-6-13(10)12-7-14(20-21-17(18)19)16-11(2)9-22-15(16)8-12;/h3-6,9,12H,7-8H2,1-2H3,(H4,18,19,21);1H. The highest BCUT2D eigenvalue weighted by Gasteiger charge is 2.29. The topological polar surface area (TPSA) is 87.4 Å². The molecule has 0 saturated heterocycles. The summed E-state index contributed by atoms with van der Waals surface area (Å²) in [6, 6.07) is 8.41. The largest absolute Gasteiger partial charge is 0.468 e. The fraction of sp³-hybridized carbons (Fsp3) is 0.294. The molecule has 1 heterocycles. The van der Waals surface area contributed by atoms with Crippen LogP contribution in [0.4, 0.5) is 0 Å². The van der Waals surface area contributed by atoms with Gasteiger partial charge in [-0.2, -0.15) is 5.10 Å². The van der Waals surface area contributed by atoms with Crippen molar-refractivity contribution in [1.29, 1.82) is 5.41 Å². The van der Waals surface area contributed by atoms with Crippen molar-refractivity contribution in [3.05, 3.63) is 58.5 Å². The lowest BCUT2D eigenvalue weighted by molar-refractivity contribution is 0.479. The fourth-order valence-electron chi connectivity index (χ4n) is 3.16. The van der Waals surface area contributed by atoms with Gasteiger partial charge in [-0.05, 0) is 42.9 Å². The fourth-order valence-corrected chi connectivity index (χ4v) is 3.16. The van der Waals surface area contributed by atoms with Crippen LogP contribution < -0.4 is 11.2 Å². The SMILES string of the molecule is Cc1ccccc1C1CC(=NNC(=N)N)c2c(C)coc2C1.Cl. The molecule has 2 aromatic rings. The zero-order valence-corrected chi connectivity index (χ0v) is 14.0. The second-order valence-electron chi connectivity index (χ2n) is 5.76. The predicted octanol–water partition coefficient (Wildman–Crippen LogP) is 3.24. The van der Waals surface area contributed by atoms with Crippen molar-refractivity contribution in [2.45, 2.75) is 32.6 Å². The van der Waals surface area contributed by atoms with Gasteiger partial charge in [-0.25, -0.2) is 5.43 Å². The van der Waals surface area contributed by atoms with Gasteiger partial charge in [0.2, 0.25) is 5.96 Å². The summed E-state index contributed by atoms with van der Waals surface area (Å²) < 4.78 is 5.72. The van der Waals surface area contributed by atoms with Crippen LogP contribution in [0.25, 0.3) is 0 Å². The van der Waals surface area contributed by atoms with Crippen LogP contribution in [-0.4, -0.2) is 11.7 Å². The average molecular weight is 333 g/mol. The van der Waals surface area contributed by atoms with Gasteiger partial charge >= 0.3 is 0 Å². The van der Waals surface area contributed by atoms with Gasteiger partial charge in [-0.3, -0.25) is 5.41 Å². The van der Waals surface area contributed by atoms with E-state index < -0.39 is 0 Å². The van der Waals surface area contributed by atoms with Crippen molar-refractivity contribution in [1.82, 2.24) is 5.43 Å². The highest BCUT2D eigenvalue weighted by atomic mass is 35.5. The minimum atomic E-state index is -0.159. The van der Waals surface area contributed by atoms with Crippen molar-refractivity contribution >= 4 is 24.1 Å². The number of nitrogens with one attached hydrogen (secondary N) is 2. The highest BCUT2D eigenvalue weighted by molar-refractivity contribution is 6.04. The average Bonchev–Trinajstić information content (AvgIpc) is 2.87. The molecule has 4 N–H and O–H groups in total. The van der Waals surface area contributed by atoms with Gasteiger partial charge < -0.3 is 10.2 Å². The molecule has 1 atom stereocenters. The molecule has 0 saturated carbocycles. The minimum absolute atomic E-state index is 0. The monoisotopic (exact) mass is 332 g/mol.